The second-order valence-electron chi connectivity index (χ2n) is 4.85. The van der Waals surface area contributed by atoms with Crippen LogP contribution in [0.25, 0.3) is 16.6 Å². The van der Waals surface area contributed by atoms with E-state index in [1.165, 1.54) is 4.52 Å². The van der Waals surface area contributed by atoms with E-state index in [1.807, 2.05) is 20.2 Å². The molecule has 0 radical (unpaired) electrons. The smallest absolute Gasteiger partial charge is 0.252 e. The molecule has 0 saturated carbocycles. The quantitative estimate of drug-likeness (QED) is 0.752. The summed E-state index contributed by atoms with van der Waals surface area (Å²) in [4.78, 5) is 11.6. The summed E-state index contributed by atoms with van der Waals surface area (Å²) in [7, 11) is 1.82. The summed E-state index contributed by atoms with van der Waals surface area (Å²) in [5.41, 5.74) is 8.20. The number of hydrogen-bond donors (Lipinski definition) is 2. The van der Waals surface area contributed by atoms with E-state index in [9.17, 15) is 9.90 Å². The highest BCUT2D eigenvalue weighted by atomic mass is 16.3. The molecule has 3 aromatic heterocycles. The van der Waals surface area contributed by atoms with Crippen molar-refractivity contribution < 1.29 is 9.90 Å². The van der Waals surface area contributed by atoms with Gasteiger partial charge >= 0.3 is 0 Å². The van der Waals surface area contributed by atoms with Crippen molar-refractivity contribution in [1.29, 1.82) is 0 Å². The molecule has 0 aliphatic heterocycles. The molecule has 108 valence electrons. The van der Waals surface area contributed by atoms with Crippen LogP contribution in [0.2, 0.25) is 0 Å². The highest BCUT2D eigenvalue weighted by Gasteiger charge is 2.20. The number of aromatic nitrogens is 4. The molecule has 0 atom stereocenters. The summed E-state index contributed by atoms with van der Waals surface area (Å²) < 4.78 is 3.17. The van der Waals surface area contributed by atoms with E-state index >= 15 is 0 Å². The maximum Gasteiger partial charge on any atom is 0.252 e. The number of aromatic hydroxyl groups is 1. The van der Waals surface area contributed by atoms with Crippen LogP contribution >= 0.6 is 0 Å². The zero-order valence-electron chi connectivity index (χ0n) is 11.7. The van der Waals surface area contributed by atoms with Crippen molar-refractivity contribution in [2.75, 3.05) is 0 Å². The van der Waals surface area contributed by atoms with Gasteiger partial charge in [-0.25, -0.2) is 4.52 Å². The number of amides is 1. The lowest BCUT2D eigenvalue weighted by Gasteiger charge is -2.03. The first-order chi connectivity index (χ1) is 10.0. The number of aryl methyl sites for hydroxylation is 2. The summed E-state index contributed by atoms with van der Waals surface area (Å²) in [6, 6.07) is 1.58. The van der Waals surface area contributed by atoms with Crippen LogP contribution in [0.5, 0.6) is 5.75 Å². The summed E-state index contributed by atoms with van der Waals surface area (Å²) in [5.74, 6) is -0.622. The van der Waals surface area contributed by atoms with Gasteiger partial charge in [0.2, 0.25) is 0 Å². The van der Waals surface area contributed by atoms with Crippen molar-refractivity contribution in [3.05, 3.63) is 35.9 Å². The first-order valence-electron chi connectivity index (χ1n) is 6.54. The Labute approximate surface area is 120 Å². The van der Waals surface area contributed by atoms with E-state index in [0.717, 1.165) is 11.1 Å². The third-order valence-corrected chi connectivity index (χ3v) is 3.40. The minimum atomic E-state index is -0.591. The van der Waals surface area contributed by atoms with Crippen molar-refractivity contribution >= 4 is 11.4 Å². The number of fused-ring (bicyclic) bond motifs is 1. The topological polar surface area (TPSA) is 98.4 Å². The lowest BCUT2D eigenvalue weighted by atomic mass is 10.1. The molecule has 7 nitrogen and oxygen atoms in total. The molecule has 0 aliphatic rings. The van der Waals surface area contributed by atoms with Gasteiger partial charge in [0.05, 0.1) is 17.5 Å². The van der Waals surface area contributed by atoms with E-state index in [4.69, 9.17) is 5.73 Å². The molecule has 3 aromatic rings. The Morgan fingerprint density at radius 1 is 1.38 bits per heavy atom. The predicted molar refractivity (Wildman–Crippen MR) is 77.0 cm³/mol. The second kappa shape index (κ2) is 4.62. The number of hydrogen-bond acceptors (Lipinski definition) is 4. The molecule has 1 amide bonds. The largest absolute Gasteiger partial charge is 0.506 e. The van der Waals surface area contributed by atoms with Crippen LogP contribution in [-0.4, -0.2) is 30.4 Å². The van der Waals surface area contributed by atoms with Crippen molar-refractivity contribution in [2.45, 2.75) is 13.3 Å². The van der Waals surface area contributed by atoms with E-state index < -0.39 is 5.91 Å². The van der Waals surface area contributed by atoms with Gasteiger partial charge in [0, 0.05) is 30.6 Å². The molecule has 3 N–H and O–H groups in total. The predicted octanol–water partition coefficient (Wildman–Crippen LogP) is 1.10. The van der Waals surface area contributed by atoms with Crippen molar-refractivity contribution in [3.8, 4) is 16.9 Å². The van der Waals surface area contributed by atoms with E-state index in [0.29, 0.717) is 17.6 Å². The Kier molecular flexibility index (Phi) is 2.90. The third-order valence-electron chi connectivity index (χ3n) is 3.40. The molecule has 7 heteroatoms. The standard InChI is InChI=1S/C14H15N5O2/c1-3-10-12(14(15)21)13-11(20)4-8(7-19(13)17-10)9-5-16-18(2)6-9/h4-7,20H,3H2,1-2H3,(H2,15,21). The van der Waals surface area contributed by atoms with Crippen LogP contribution in [0.3, 0.4) is 0 Å². The monoisotopic (exact) mass is 285 g/mol. The molecule has 21 heavy (non-hydrogen) atoms. The van der Waals surface area contributed by atoms with Gasteiger partial charge in [-0.3, -0.25) is 9.48 Å². The third kappa shape index (κ3) is 2.03. The van der Waals surface area contributed by atoms with Gasteiger partial charge < -0.3 is 10.8 Å². The normalized spacial score (nSPS) is 11.1. The summed E-state index contributed by atoms with van der Waals surface area (Å²) >= 11 is 0. The maximum absolute atomic E-state index is 11.6. The molecule has 3 heterocycles. The Morgan fingerprint density at radius 3 is 2.71 bits per heavy atom. The van der Waals surface area contributed by atoms with Crippen LogP contribution in [-0.2, 0) is 13.5 Å². The van der Waals surface area contributed by atoms with Crippen molar-refractivity contribution in [1.82, 2.24) is 19.4 Å². The Hall–Kier alpha value is -2.83. The first kappa shape index (κ1) is 13.2. The SMILES string of the molecule is CCc1nn2cc(-c3cnn(C)c3)cc(O)c2c1C(N)=O. The zero-order valence-corrected chi connectivity index (χ0v) is 11.7. The average Bonchev–Trinajstić information content (AvgIpc) is 3.01. The number of pyridine rings is 1. The molecular weight excluding hydrogens is 270 g/mol. The summed E-state index contributed by atoms with van der Waals surface area (Å²) in [6.07, 6.45) is 5.83. The lowest BCUT2D eigenvalue weighted by Crippen LogP contribution is -2.12. The van der Waals surface area contributed by atoms with Gasteiger partial charge in [-0.1, -0.05) is 6.92 Å². The number of primary amides is 1. The molecule has 0 saturated heterocycles. The number of carbonyl (C=O) groups excluding carboxylic acids is 1. The Balaban J connectivity index is 2.28. The number of carbonyl (C=O) groups is 1. The second-order valence-corrected chi connectivity index (χ2v) is 4.85. The van der Waals surface area contributed by atoms with E-state index in [2.05, 4.69) is 10.2 Å². The number of rotatable bonds is 3. The zero-order chi connectivity index (χ0) is 15.1. The Bertz CT molecular complexity index is 847. The van der Waals surface area contributed by atoms with Crippen LogP contribution in [0.1, 0.15) is 23.0 Å². The minimum Gasteiger partial charge on any atom is -0.506 e. The molecule has 0 spiro atoms. The Morgan fingerprint density at radius 2 is 2.14 bits per heavy atom. The van der Waals surface area contributed by atoms with Gasteiger partial charge in [0.15, 0.2) is 0 Å². The van der Waals surface area contributed by atoms with Crippen LogP contribution in [0.15, 0.2) is 24.7 Å². The first-order valence-corrected chi connectivity index (χ1v) is 6.54. The minimum absolute atomic E-state index is 0.0302. The van der Waals surface area contributed by atoms with Gasteiger partial charge in [-0.15, -0.1) is 0 Å². The summed E-state index contributed by atoms with van der Waals surface area (Å²) in [5, 5.41) is 18.7. The molecule has 0 unspecified atom stereocenters. The molecule has 3 rings (SSSR count). The fourth-order valence-electron chi connectivity index (χ4n) is 2.44. The lowest BCUT2D eigenvalue weighted by molar-refractivity contribution is 0.100. The molecule has 0 bridgehead atoms. The highest BCUT2D eigenvalue weighted by molar-refractivity contribution is 6.02. The average molecular weight is 285 g/mol. The van der Waals surface area contributed by atoms with Crippen LogP contribution in [0, 0.1) is 0 Å². The molecular formula is C14H15N5O2. The van der Waals surface area contributed by atoms with E-state index in [-0.39, 0.29) is 11.3 Å². The van der Waals surface area contributed by atoms with Crippen molar-refractivity contribution in [3.63, 3.8) is 0 Å². The van der Waals surface area contributed by atoms with Gasteiger partial charge in [0.25, 0.3) is 5.91 Å². The fourth-order valence-corrected chi connectivity index (χ4v) is 2.44. The van der Waals surface area contributed by atoms with Gasteiger partial charge in [-0.2, -0.15) is 10.2 Å². The van der Waals surface area contributed by atoms with Crippen molar-refractivity contribution in [2.24, 2.45) is 12.8 Å². The maximum atomic E-state index is 11.6. The molecule has 0 fully saturated rings. The van der Waals surface area contributed by atoms with Gasteiger partial charge in [-0.05, 0) is 12.5 Å². The fraction of sp³-hybridized carbons (Fsp3) is 0.214. The molecule has 0 aliphatic carbocycles. The van der Waals surface area contributed by atoms with Crippen LogP contribution in [0.4, 0.5) is 0 Å². The van der Waals surface area contributed by atoms with Crippen LogP contribution < -0.4 is 5.73 Å². The van der Waals surface area contributed by atoms with E-state index in [1.54, 1.807) is 23.1 Å². The number of nitrogens with two attached hydrogens (primary N) is 1. The summed E-state index contributed by atoms with van der Waals surface area (Å²) in [6.45, 7) is 1.88. The number of nitrogens with zero attached hydrogens (tertiary/aromatic N) is 4. The van der Waals surface area contributed by atoms with Gasteiger partial charge in [0.1, 0.15) is 11.3 Å². The molecule has 0 aromatic carbocycles. The highest BCUT2D eigenvalue weighted by Crippen LogP contribution is 2.30.